The average Bonchev–Trinajstić information content (AvgIpc) is 2.65. The molecule has 1 saturated carbocycles. The van der Waals surface area contributed by atoms with Crippen LogP contribution in [0.15, 0.2) is 0 Å². The van der Waals surface area contributed by atoms with E-state index in [0.29, 0.717) is 10.8 Å². The Kier molecular flexibility index (Phi) is 5.88. The first-order valence-electron chi connectivity index (χ1n) is 8.78. The first-order chi connectivity index (χ1) is 9.45. The highest BCUT2D eigenvalue weighted by molar-refractivity contribution is 7.80. The molecule has 0 spiro atoms. The minimum atomic E-state index is 0.488. The number of hydrogen-bond donors (Lipinski definition) is 1. The molecule has 118 valence electrons. The van der Waals surface area contributed by atoms with Crippen LogP contribution in [0.5, 0.6) is 0 Å². The second-order valence-electron chi connectivity index (χ2n) is 8.49. The molecule has 2 heteroatoms. The molecule has 2 aliphatic rings. The van der Waals surface area contributed by atoms with Crippen molar-refractivity contribution in [3.63, 3.8) is 0 Å². The molecular formula is C18H35NS. The van der Waals surface area contributed by atoms with Crippen molar-refractivity contribution in [3.8, 4) is 0 Å². The maximum Gasteiger partial charge on any atom is 0.00458 e. The summed E-state index contributed by atoms with van der Waals surface area (Å²) >= 11 is 4.71. The highest BCUT2D eigenvalue weighted by Gasteiger charge is 2.34. The molecule has 20 heavy (non-hydrogen) atoms. The molecule has 0 aromatic rings. The van der Waals surface area contributed by atoms with Gasteiger partial charge in [0.05, 0.1) is 0 Å². The summed E-state index contributed by atoms with van der Waals surface area (Å²) in [7, 11) is 0. The van der Waals surface area contributed by atoms with Crippen LogP contribution in [-0.2, 0) is 0 Å². The topological polar surface area (TPSA) is 3.24 Å². The molecule has 1 heterocycles. The van der Waals surface area contributed by atoms with Crippen LogP contribution >= 0.6 is 12.6 Å². The number of likely N-dealkylation sites (tertiary alicyclic amines) is 1. The fourth-order valence-corrected chi connectivity index (χ4v) is 4.74. The lowest BCUT2D eigenvalue weighted by Crippen LogP contribution is -2.41. The van der Waals surface area contributed by atoms with E-state index in [-0.39, 0.29) is 0 Å². The quantitative estimate of drug-likeness (QED) is 0.716. The monoisotopic (exact) mass is 297 g/mol. The Morgan fingerprint density at radius 3 is 2.30 bits per heavy atom. The Bertz CT molecular complexity index is 288. The van der Waals surface area contributed by atoms with Crippen molar-refractivity contribution in [1.82, 2.24) is 4.90 Å². The first-order valence-corrected chi connectivity index (χ1v) is 9.42. The van der Waals surface area contributed by atoms with Gasteiger partial charge in [-0.05, 0) is 67.7 Å². The van der Waals surface area contributed by atoms with Crippen LogP contribution in [0.1, 0.15) is 72.1 Å². The zero-order valence-corrected chi connectivity index (χ0v) is 14.9. The van der Waals surface area contributed by atoms with Crippen molar-refractivity contribution in [2.24, 2.45) is 16.7 Å². The summed E-state index contributed by atoms with van der Waals surface area (Å²) in [5.41, 5.74) is 1.02. The van der Waals surface area contributed by atoms with E-state index in [1.807, 2.05) is 0 Å². The summed E-state index contributed by atoms with van der Waals surface area (Å²) in [5, 5.41) is 0. The molecule has 0 aromatic heterocycles. The number of rotatable bonds is 3. The SMILES string of the molecule is CC(C)(C)C1CCCN(CC2(CS)CCCCC2)CC1. The van der Waals surface area contributed by atoms with Crippen LogP contribution in [0.2, 0.25) is 0 Å². The largest absolute Gasteiger partial charge is 0.303 e. The van der Waals surface area contributed by atoms with Crippen LogP contribution < -0.4 is 0 Å². The summed E-state index contributed by atoms with van der Waals surface area (Å²) in [6.45, 7) is 11.2. The van der Waals surface area contributed by atoms with Gasteiger partial charge in [0.1, 0.15) is 0 Å². The van der Waals surface area contributed by atoms with Gasteiger partial charge < -0.3 is 4.90 Å². The molecule has 0 radical (unpaired) electrons. The lowest BCUT2D eigenvalue weighted by atomic mass is 9.75. The maximum absolute atomic E-state index is 4.71. The molecule has 0 amide bonds. The van der Waals surface area contributed by atoms with Crippen molar-refractivity contribution in [3.05, 3.63) is 0 Å². The van der Waals surface area contributed by atoms with Gasteiger partial charge >= 0.3 is 0 Å². The van der Waals surface area contributed by atoms with Gasteiger partial charge in [-0.2, -0.15) is 12.6 Å². The number of hydrogen-bond acceptors (Lipinski definition) is 2. The predicted molar refractivity (Wildman–Crippen MR) is 92.6 cm³/mol. The minimum absolute atomic E-state index is 0.488. The lowest BCUT2D eigenvalue weighted by Gasteiger charge is -2.40. The summed E-state index contributed by atoms with van der Waals surface area (Å²) in [6.07, 6.45) is 11.3. The average molecular weight is 298 g/mol. The summed E-state index contributed by atoms with van der Waals surface area (Å²) in [6, 6.07) is 0. The molecule has 1 aliphatic heterocycles. The van der Waals surface area contributed by atoms with E-state index in [1.54, 1.807) is 0 Å². The van der Waals surface area contributed by atoms with Crippen molar-refractivity contribution in [2.75, 3.05) is 25.4 Å². The Morgan fingerprint density at radius 1 is 1.00 bits per heavy atom. The molecule has 2 fully saturated rings. The Labute approximate surface area is 132 Å². The minimum Gasteiger partial charge on any atom is -0.303 e. The number of thiol groups is 1. The molecule has 2 rings (SSSR count). The predicted octanol–water partition coefficient (Wildman–Crippen LogP) is 5.01. The smallest absolute Gasteiger partial charge is 0.00458 e. The third kappa shape index (κ3) is 4.40. The maximum atomic E-state index is 4.71. The highest BCUT2D eigenvalue weighted by atomic mass is 32.1. The van der Waals surface area contributed by atoms with Crippen molar-refractivity contribution < 1.29 is 0 Å². The molecule has 0 N–H and O–H groups in total. The van der Waals surface area contributed by atoms with Gasteiger partial charge in [0.25, 0.3) is 0 Å². The van der Waals surface area contributed by atoms with E-state index < -0.39 is 0 Å². The normalized spacial score (nSPS) is 29.1. The highest BCUT2D eigenvalue weighted by Crippen LogP contribution is 2.39. The molecule has 1 unspecified atom stereocenters. The Hall–Kier alpha value is 0.310. The van der Waals surface area contributed by atoms with E-state index in [4.69, 9.17) is 12.6 Å². The standard InChI is InChI=1S/C18H35NS/c1-17(2,3)16-8-7-12-19(13-9-16)14-18(15-20)10-5-4-6-11-18/h16,20H,4-15H2,1-3H3. The van der Waals surface area contributed by atoms with E-state index in [0.717, 1.165) is 11.7 Å². The van der Waals surface area contributed by atoms with Gasteiger partial charge in [-0.1, -0.05) is 40.0 Å². The fraction of sp³-hybridized carbons (Fsp3) is 1.00. The molecular weight excluding hydrogens is 262 g/mol. The van der Waals surface area contributed by atoms with E-state index in [1.165, 1.54) is 71.0 Å². The van der Waals surface area contributed by atoms with Gasteiger partial charge in [-0.25, -0.2) is 0 Å². The van der Waals surface area contributed by atoms with Crippen molar-refractivity contribution in [1.29, 1.82) is 0 Å². The van der Waals surface area contributed by atoms with Crippen molar-refractivity contribution in [2.45, 2.75) is 72.1 Å². The lowest BCUT2D eigenvalue weighted by molar-refractivity contribution is 0.124. The number of nitrogens with zero attached hydrogens (tertiary/aromatic N) is 1. The Morgan fingerprint density at radius 2 is 1.70 bits per heavy atom. The molecule has 1 aliphatic carbocycles. The molecule has 0 bridgehead atoms. The third-order valence-electron chi connectivity index (χ3n) is 5.85. The van der Waals surface area contributed by atoms with E-state index >= 15 is 0 Å². The Balaban J connectivity index is 1.90. The van der Waals surface area contributed by atoms with Crippen LogP contribution in [-0.4, -0.2) is 30.3 Å². The molecule has 0 aromatic carbocycles. The molecule has 1 atom stereocenters. The second-order valence-corrected chi connectivity index (χ2v) is 8.81. The van der Waals surface area contributed by atoms with Gasteiger partial charge in [0.2, 0.25) is 0 Å². The summed E-state index contributed by atoms with van der Waals surface area (Å²) < 4.78 is 0. The van der Waals surface area contributed by atoms with Crippen LogP contribution in [0.25, 0.3) is 0 Å². The third-order valence-corrected chi connectivity index (χ3v) is 6.52. The van der Waals surface area contributed by atoms with Gasteiger partial charge in [0, 0.05) is 6.54 Å². The van der Waals surface area contributed by atoms with E-state index in [2.05, 4.69) is 25.7 Å². The van der Waals surface area contributed by atoms with Crippen LogP contribution in [0.3, 0.4) is 0 Å². The zero-order chi connectivity index (χ0) is 14.6. The molecule has 1 nitrogen and oxygen atoms in total. The van der Waals surface area contributed by atoms with Crippen LogP contribution in [0, 0.1) is 16.7 Å². The molecule has 1 saturated heterocycles. The van der Waals surface area contributed by atoms with Gasteiger partial charge in [-0.3, -0.25) is 0 Å². The van der Waals surface area contributed by atoms with Crippen LogP contribution in [0.4, 0.5) is 0 Å². The van der Waals surface area contributed by atoms with Gasteiger partial charge in [0.15, 0.2) is 0 Å². The first kappa shape index (κ1) is 16.7. The van der Waals surface area contributed by atoms with Crippen molar-refractivity contribution >= 4 is 12.6 Å². The summed E-state index contributed by atoms with van der Waals surface area (Å²) in [5.74, 6) is 2.00. The zero-order valence-electron chi connectivity index (χ0n) is 14.0. The fourth-order valence-electron chi connectivity index (χ4n) is 4.32. The summed E-state index contributed by atoms with van der Waals surface area (Å²) in [4.78, 5) is 2.77. The van der Waals surface area contributed by atoms with Gasteiger partial charge in [-0.15, -0.1) is 0 Å². The van der Waals surface area contributed by atoms with E-state index in [9.17, 15) is 0 Å². The second kappa shape index (κ2) is 7.05.